The molecule has 0 saturated heterocycles. The normalized spacial score (nSPS) is 10.4. The lowest BCUT2D eigenvalue weighted by molar-refractivity contribution is -0.384. The highest BCUT2D eigenvalue weighted by Gasteiger charge is 2.13. The van der Waals surface area contributed by atoms with Crippen LogP contribution in [0.1, 0.15) is 11.1 Å². The molecule has 3 rings (SSSR count). The third-order valence-corrected chi connectivity index (χ3v) is 5.63. The number of nitro groups is 1. The van der Waals surface area contributed by atoms with Gasteiger partial charge in [0.2, 0.25) is 0 Å². The summed E-state index contributed by atoms with van der Waals surface area (Å²) in [5.41, 5.74) is 2.00. The third kappa shape index (κ3) is 7.46. The largest absolute Gasteiger partial charge is 0.493 e. The lowest BCUT2D eigenvalue weighted by Crippen LogP contribution is -2.22. The maximum absolute atomic E-state index is 13.9. The number of benzene rings is 3. The maximum atomic E-state index is 13.9. The van der Waals surface area contributed by atoms with Gasteiger partial charge in [-0.25, -0.2) is 4.39 Å². The summed E-state index contributed by atoms with van der Waals surface area (Å²) in [6.45, 7) is 1.84. The Kier molecular flexibility index (Phi) is 10.8. The van der Waals surface area contributed by atoms with Crippen molar-refractivity contribution in [2.24, 2.45) is 0 Å². The van der Waals surface area contributed by atoms with Crippen LogP contribution in [0.2, 0.25) is 5.02 Å². The molecule has 0 unspecified atom stereocenters. The van der Waals surface area contributed by atoms with Crippen molar-refractivity contribution in [3.05, 3.63) is 91.2 Å². The van der Waals surface area contributed by atoms with E-state index in [0.717, 1.165) is 5.56 Å². The second kappa shape index (κ2) is 13.3. The highest BCUT2D eigenvalue weighted by molar-refractivity contribution is 9.10. The van der Waals surface area contributed by atoms with E-state index in [9.17, 15) is 14.5 Å². The summed E-state index contributed by atoms with van der Waals surface area (Å²) in [5, 5.41) is 17.5. The molecule has 0 aliphatic rings. The zero-order chi connectivity index (χ0) is 23.8. The molecular weight excluding hydrogens is 552 g/mol. The monoisotopic (exact) mass is 573 g/mol. The molecule has 34 heavy (non-hydrogen) atoms. The molecule has 3 aromatic carbocycles. The number of nitrogens with zero attached hydrogens (tertiary/aromatic N) is 1. The van der Waals surface area contributed by atoms with Gasteiger partial charge in [0.05, 0.1) is 27.2 Å². The van der Waals surface area contributed by atoms with Crippen molar-refractivity contribution in [1.82, 2.24) is 5.32 Å². The van der Waals surface area contributed by atoms with E-state index in [4.69, 9.17) is 21.1 Å². The van der Waals surface area contributed by atoms with Crippen LogP contribution < -0.4 is 20.1 Å². The predicted molar refractivity (Wildman–Crippen MR) is 137 cm³/mol. The van der Waals surface area contributed by atoms with Gasteiger partial charge in [0.25, 0.3) is 5.69 Å². The van der Waals surface area contributed by atoms with Gasteiger partial charge in [0.1, 0.15) is 12.4 Å². The zero-order valence-corrected chi connectivity index (χ0v) is 21.3. The van der Waals surface area contributed by atoms with Crippen LogP contribution in [0.15, 0.2) is 59.1 Å². The molecule has 0 aromatic heterocycles. The summed E-state index contributed by atoms with van der Waals surface area (Å²) in [6, 6.07) is 14.5. The number of hydrogen-bond donors (Lipinski definition) is 2. The van der Waals surface area contributed by atoms with Gasteiger partial charge in [0, 0.05) is 37.3 Å². The number of non-ortho nitro benzene ring substituents is 1. The van der Waals surface area contributed by atoms with Crippen molar-refractivity contribution < 1.29 is 18.8 Å². The molecule has 0 saturated carbocycles. The minimum atomic E-state index is -0.486. The summed E-state index contributed by atoms with van der Waals surface area (Å²) in [7, 11) is 1.55. The molecule has 182 valence electrons. The second-order valence-corrected chi connectivity index (χ2v) is 8.28. The lowest BCUT2D eigenvalue weighted by atomic mass is 10.2. The van der Waals surface area contributed by atoms with E-state index < -0.39 is 4.92 Å². The first-order valence-corrected chi connectivity index (χ1v) is 11.2. The number of anilines is 1. The van der Waals surface area contributed by atoms with E-state index in [2.05, 4.69) is 26.6 Å². The molecule has 0 bridgehead atoms. The predicted octanol–water partition coefficient (Wildman–Crippen LogP) is 6.36. The first kappa shape index (κ1) is 27.7. The van der Waals surface area contributed by atoms with Gasteiger partial charge in [-0.1, -0.05) is 29.8 Å². The maximum Gasteiger partial charge on any atom is 0.271 e. The summed E-state index contributed by atoms with van der Waals surface area (Å²) < 4.78 is 25.8. The molecule has 3 aromatic rings. The van der Waals surface area contributed by atoms with Gasteiger partial charge in [-0.2, -0.15) is 0 Å². The van der Waals surface area contributed by atoms with E-state index in [1.165, 1.54) is 18.2 Å². The van der Waals surface area contributed by atoms with Crippen LogP contribution in [0.5, 0.6) is 11.5 Å². The van der Waals surface area contributed by atoms with E-state index in [1.807, 2.05) is 12.1 Å². The SMILES string of the molecule is COc1cc(CNCCNc2ccc([N+](=O)[O-])cc2Cl)cc(Br)c1OCc1ccccc1F.Cl. The van der Waals surface area contributed by atoms with Gasteiger partial charge in [-0.3, -0.25) is 10.1 Å². The fraction of sp³-hybridized carbons (Fsp3) is 0.217. The van der Waals surface area contributed by atoms with Gasteiger partial charge in [-0.15, -0.1) is 12.4 Å². The van der Waals surface area contributed by atoms with Crippen molar-refractivity contribution >= 4 is 51.3 Å². The third-order valence-electron chi connectivity index (χ3n) is 4.73. The Balaban J connectivity index is 0.00000408. The number of rotatable bonds is 11. The van der Waals surface area contributed by atoms with Crippen LogP contribution >= 0.6 is 39.9 Å². The number of ether oxygens (including phenoxy) is 2. The molecule has 0 radical (unpaired) electrons. The Morgan fingerprint density at radius 2 is 1.91 bits per heavy atom. The summed E-state index contributed by atoms with van der Waals surface area (Å²) in [6.07, 6.45) is 0. The van der Waals surface area contributed by atoms with Crippen LogP contribution in [0.3, 0.4) is 0 Å². The number of hydrogen-bond acceptors (Lipinski definition) is 6. The standard InChI is InChI=1S/C23H22BrClFN3O4.ClH/c1-32-22-11-15(10-18(24)23(22)33-14-16-4-2-3-5-20(16)26)13-27-8-9-28-21-7-6-17(29(30)31)12-19(21)25;/h2-7,10-12,27-28H,8-9,13-14H2,1H3;1H. The molecule has 0 heterocycles. The Bertz CT molecular complexity index is 1140. The Morgan fingerprint density at radius 3 is 2.59 bits per heavy atom. The number of halogens is 4. The van der Waals surface area contributed by atoms with Crippen molar-refractivity contribution in [1.29, 1.82) is 0 Å². The Hall–Kier alpha value is -2.59. The van der Waals surface area contributed by atoms with Crippen LogP contribution in [0, 0.1) is 15.9 Å². The summed E-state index contributed by atoms with van der Waals surface area (Å²) >= 11 is 9.59. The highest BCUT2D eigenvalue weighted by atomic mass is 79.9. The van der Waals surface area contributed by atoms with Gasteiger partial charge in [0.15, 0.2) is 11.5 Å². The lowest BCUT2D eigenvalue weighted by Gasteiger charge is -2.15. The zero-order valence-electron chi connectivity index (χ0n) is 18.1. The van der Waals surface area contributed by atoms with Gasteiger partial charge < -0.3 is 20.1 Å². The topological polar surface area (TPSA) is 85.7 Å². The first-order valence-electron chi connectivity index (χ1n) is 10.00. The minimum Gasteiger partial charge on any atom is -0.493 e. The Labute approximate surface area is 216 Å². The van der Waals surface area contributed by atoms with Crippen molar-refractivity contribution in [3.63, 3.8) is 0 Å². The molecular formula is C23H23BrCl2FN3O4. The van der Waals surface area contributed by atoms with E-state index >= 15 is 0 Å². The van der Waals surface area contributed by atoms with Gasteiger partial charge in [-0.05, 0) is 45.8 Å². The molecule has 0 aliphatic heterocycles. The van der Waals surface area contributed by atoms with Crippen LogP contribution in [0.25, 0.3) is 0 Å². The van der Waals surface area contributed by atoms with E-state index in [-0.39, 0.29) is 30.5 Å². The molecule has 11 heteroatoms. The number of nitrogens with one attached hydrogen (secondary N) is 2. The first-order chi connectivity index (χ1) is 15.9. The van der Waals surface area contributed by atoms with Crippen LogP contribution in [0.4, 0.5) is 15.8 Å². The smallest absolute Gasteiger partial charge is 0.271 e. The van der Waals surface area contributed by atoms with Crippen molar-refractivity contribution in [2.45, 2.75) is 13.2 Å². The Morgan fingerprint density at radius 1 is 1.15 bits per heavy atom. The van der Waals surface area contributed by atoms with Gasteiger partial charge >= 0.3 is 0 Å². The average Bonchev–Trinajstić information content (AvgIpc) is 2.79. The molecule has 0 aliphatic carbocycles. The summed E-state index contributed by atoms with van der Waals surface area (Å²) in [5.74, 6) is 0.712. The molecule has 2 N–H and O–H groups in total. The molecule has 7 nitrogen and oxygen atoms in total. The molecule has 0 fully saturated rings. The average molecular weight is 575 g/mol. The van der Waals surface area contributed by atoms with Crippen LogP contribution in [-0.4, -0.2) is 25.1 Å². The van der Waals surface area contributed by atoms with Crippen molar-refractivity contribution in [3.8, 4) is 11.5 Å². The quantitative estimate of drug-likeness (QED) is 0.157. The van der Waals surface area contributed by atoms with Crippen LogP contribution in [-0.2, 0) is 13.2 Å². The minimum absolute atomic E-state index is 0. The summed E-state index contributed by atoms with van der Waals surface area (Å²) in [4.78, 5) is 10.3. The molecule has 0 atom stereocenters. The number of methoxy groups -OCH3 is 1. The fourth-order valence-electron chi connectivity index (χ4n) is 3.06. The highest BCUT2D eigenvalue weighted by Crippen LogP contribution is 2.37. The molecule has 0 amide bonds. The molecule has 0 spiro atoms. The van der Waals surface area contributed by atoms with E-state index in [0.29, 0.717) is 51.9 Å². The number of nitro benzene ring substituents is 1. The van der Waals surface area contributed by atoms with Crippen molar-refractivity contribution in [2.75, 3.05) is 25.5 Å². The second-order valence-electron chi connectivity index (χ2n) is 7.01. The van der Waals surface area contributed by atoms with E-state index in [1.54, 1.807) is 31.4 Å². The fourth-order valence-corrected chi connectivity index (χ4v) is 3.91.